The maximum atomic E-state index is 14.9. The number of benzene rings is 2. The Morgan fingerprint density at radius 3 is 2.62 bits per heavy atom. The second-order valence-corrected chi connectivity index (χ2v) is 18.6. The first-order valence-corrected chi connectivity index (χ1v) is 23.6. The van der Waals surface area contributed by atoms with E-state index >= 15 is 0 Å². The highest BCUT2D eigenvalue weighted by Crippen LogP contribution is 2.33. The maximum Gasteiger partial charge on any atom is 0.406 e. The molecule has 366 valence electrons. The number of ether oxygens (including phenoxy) is 3. The third-order valence-electron chi connectivity index (χ3n) is 11.4. The Bertz CT molecular complexity index is 3000. The van der Waals surface area contributed by atoms with Crippen LogP contribution in [0, 0.1) is 25.7 Å². The molecule has 21 heteroatoms. The zero-order valence-electron chi connectivity index (χ0n) is 38.4. The summed E-state index contributed by atoms with van der Waals surface area (Å²) in [5.41, 5.74) is 4.16. The van der Waals surface area contributed by atoms with E-state index in [1.807, 2.05) is 18.9 Å². The average Bonchev–Trinajstić information content (AvgIpc) is 3.83. The van der Waals surface area contributed by atoms with E-state index in [1.165, 1.54) is 37.6 Å². The van der Waals surface area contributed by atoms with Crippen molar-refractivity contribution in [2.75, 3.05) is 76.5 Å². The number of halogens is 4. The highest BCUT2D eigenvalue weighted by molar-refractivity contribution is 7.91. The number of alkyl halides is 4. The molecule has 0 aliphatic carbocycles. The quantitative estimate of drug-likeness (QED) is 0.0489. The van der Waals surface area contributed by atoms with Crippen molar-refractivity contribution in [2.24, 2.45) is 0 Å². The van der Waals surface area contributed by atoms with Crippen molar-refractivity contribution in [2.45, 2.75) is 56.6 Å². The predicted molar refractivity (Wildman–Crippen MR) is 251 cm³/mol. The second-order valence-electron chi connectivity index (χ2n) is 16.5. The Hall–Kier alpha value is -6.89. The van der Waals surface area contributed by atoms with Crippen LogP contribution in [0.25, 0.3) is 22.0 Å². The van der Waals surface area contributed by atoms with Crippen molar-refractivity contribution in [3.05, 3.63) is 112 Å². The van der Waals surface area contributed by atoms with Crippen molar-refractivity contribution in [3.8, 4) is 34.6 Å². The Morgan fingerprint density at radius 1 is 1.04 bits per heavy atom. The highest BCUT2D eigenvalue weighted by atomic mass is 32.2. The van der Waals surface area contributed by atoms with Gasteiger partial charge in [0.1, 0.15) is 24.2 Å². The molecular weight excluding hydrogens is 925 g/mol. The second kappa shape index (κ2) is 22.0. The molecule has 1 aliphatic rings. The number of anilines is 2. The number of likely N-dealkylation sites (tertiary alicyclic amines) is 1. The van der Waals surface area contributed by atoms with Crippen molar-refractivity contribution < 1.29 is 49.5 Å². The summed E-state index contributed by atoms with van der Waals surface area (Å²) in [6.07, 6.45) is -1.90. The van der Waals surface area contributed by atoms with Crippen LogP contribution in [0.15, 0.2) is 93.3 Å². The van der Waals surface area contributed by atoms with Crippen LogP contribution in [0.5, 0.6) is 11.6 Å². The predicted octanol–water partition coefficient (Wildman–Crippen LogP) is 5.99. The highest BCUT2D eigenvalue weighted by Gasteiger charge is 2.31. The average molecular weight is 977 g/mol. The minimum absolute atomic E-state index is 0.0217. The van der Waals surface area contributed by atoms with Crippen molar-refractivity contribution >= 4 is 38.0 Å². The summed E-state index contributed by atoms with van der Waals surface area (Å²) in [7, 11) is -0.627. The largest absolute Gasteiger partial charge is 0.495 e. The first kappa shape index (κ1) is 50.0. The van der Waals surface area contributed by atoms with Crippen molar-refractivity contribution in [3.63, 3.8) is 0 Å². The Kier molecular flexibility index (Phi) is 16.0. The smallest absolute Gasteiger partial charge is 0.406 e. The van der Waals surface area contributed by atoms with Crippen molar-refractivity contribution in [1.82, 2.24) is 29.5 Å². The molecule has 5 heterocycles. The number of carbonyl (C=O) groups excluding carboxylic acids is 1. The van der Waals surface area contributed by atoms with Crippen LogP contribution < -0.4 is 31.0 Å². The molecule has 2 aromatic carbocycles. The first-order valence-electron chi connectivity index (χ1n) is 22.0. The van der Waals surface area contributed by atoms with Gasteiger partial charge in [0.2, 0.25) is 5.88 Å². The first-order chi connectivity index (χ1) is 33.0. The van der Waals surface area contributed by atoms with E-state index in [0.29, 0.717) is 46.7 Å². The van der Waals surface area contributed by atoms with E-state index in [0.717, 1.165) is 21.3 Å². The summed E-state index contributed by atoms with van der Waals surface area (Å²) in [5, 5.41) is 13.4. The number of hydrogen-bond acceptors (Lipinski definition) is 13. The third-order valence-corrected chi connectivity index (χ3v) is 13.0. The number of nitrogens with one attached hydrogen (secondary N) is 3. The van der Waals surface area contributed by atoms with Gasteiger partial charge in [0.15, 0.2) is 16.4 Å². The molecule has 3 N–H and O–H groups in total. The number of piperidine rings is 1. The number of fused-ring (bicyclic) bond motifs is 1. The molecule has 1 fully saturated rings. The number of pyridine rings is 2. The van der Waals surface area contributed by atoms with E-state index in [-0.39, 0.29) is 79.5 Å². The van der Waals surface area contributed by atoms with Crippen LogP contribution in [-0.4, -0.2) is 123 Å². The normalized spacial score (nSPS) is 15.4. The fourth-order valence-corrected chi connectivity index (χ4v) is 9.07. The van der Waals surface area contributed by atoms with E-state index in [4.69, 9.17) is 18.7 Å². The molecule has 7 rings (SSSR count). The number of methoxy groups -OCH3 is 1. The van der Waals surface area contributed by atoms with Crippen LogP contribution in [0.2, 0.25) is 0 Å². The number of aromatic nitrogens is 4. The van der Waals surface area contributed by atoms with Gasteiger partial charge in [-0.2, -0.15) is 13.2 Å². The summed E-state index contributed by atoms with van der Waals surface area (Å²) in [6.45, 7) is 3.09. The maximum absolute atomic E-state index is 14.9. The number of amides is 1. The molecule has 0 radical (unpaired) electrons. The van der Waals surface area contributed by atoms with Crippen LogP contribution in [0.3, 0.4) is 0 Å². The topological polar surface area (TPSA) is 184 Å². The van der Waals surface area contributed by atoms with E-state index in [9.17, 15) is 35.6 Å². The lowest BCUT2D eigenvalue weighted by atomic mass is 10.0. The molecule has 1 aliphatic heterocycles. The molecule has 0 bridgehead atoms. The van der Waals surface area contributed by atoms with Crippen LogP contribution in [0.4, 0.5) is 28.9 Å². The van der Waals surface area contributed by atoms with E-state index in [2.05, 4.69) is 37.9 Å². The number of nitrogens with zero attached hydrogens (tertiary/aromatic N) is 5. The van der Waals surface area contributed by atoms with Gasteiger partial charge in [0, 0.05) is 72.4 Å². The fourth-order valence-electron chi connectivity index (χ4n) is 7.93. The molecule has 16 nitrogen and oxygen atoms in total. The van der Waals surface area contributed by atoms with Gasteiger partial charge in [-0.05, 0) is 81.3 Å². The molecular formula is C48H52F4N8O8S. The summed E-state index contributed by atoms with van der Waals surface area (Å²) in [4.78, 5) is 31.1. The molecule has 2 atom stereocenters. The lowest BCUT2D eigenvalue weighted by Gasteiger charge is -2.33. The number of rotatable bonds is 19. The third kappa shape index (κ3) is 13.0. The van der Waals surface area contributed by atoms with E-state index < -0.39 is 40.7 Å². The van der Waals surface area contributed by atoms with Gasteiger partial charge in [-0.25, -0.2) is 17.8 Å². The number of carbonyl (C=O) groups is 1. The summed E-state index contributed by atoms with van der Waals surface area (Å²) in [6, 6.07) is 16.8. The van der Waals surface area contributed by atoms with Crippen molar-refractivity contribution in [1.29, 1.82) is 0 Å². The summed E-state index contributed by atoms with van der Waals surface area (Å²) < 4.78 is 107. The Labute approximate surface area is 395 Å². The minimum Gasteiger partial charge on any atom is -0.495 e. The number of aryl methyl sites for hydroxylation is 2. The Morgan fingerprint density at radius 2 is 1.87 bits per heavy atom. The molecule has 0 unspecified atom stereocenters. The van der Waals surface area contributed by atoms with Gasteiger partial charge >= 0.3 is 6.18 Å². The summed E-state index contributed by atoms with van der Waals surface area (Å²) >= 11 is 0. The summed E-state index contributed by atoms with van der Waals surface area (Å²) in [5.74, 6) is 5.89. The molecule has 1 amide bonds. The zero-order valence-corrected chi connectivity index (χ0v) is 39.2. The zero-order chi connectivity index (χ0) is 49.3. The number of hydrogen-bond donors (Lipinski definition) is 3. The van der Waals surface area contributed by atoms with Gasteiger partial charge in [-0.3, -0.25) is 9.59 Å². The molecule has 69 heavy (non-hydrogen) atoms. The lowest BCUT2D eigenvalue weighted by Crippen LogP contribution is -2.46. The molecule has 6 aromatic rings. The van der Waals surface area contributed by atoms with Gasteiger partial charge in [-0.15, -0.1) is 0 Å². The minimum atomic E-state index is -4.53. The fraction of sp³-hybridized carbons (Fsp3) is 0.375. The molecule has 0 saturated carbocycles. The molecule has 1 saturated heterocycles. The Balaban J connectivity index is 0.864. The molecule has 0 spiro atoms. The van der Waals surface area contributed by atoms with Gasteiger partial charge < -0.3 is 48.7 Å². The van der Waals surface area contributed by atoms with Crippen LogP contribution >= 0.6 is 0 Å². The lowest BCUT2D eigenvalue weighted by molar-refractivity contribution is -0.140. The monoisotopic (exact) mass is 976 g/mol. The van der Waals surface area contributed by atoms with Gasteiger partial charge in [0.25, 0.3) is 11.5 Å². The van der Waals surface area contributed by atoms with E-state index in [1.54, 1.807) is 60.2 Å². The standard InChI is InChI=1S/C48H52F4N8O8S/c1-31-47(32(2)68-57-31)34-10-13-46(62)59(27-34)26-33-14-17-55-45(23-33)67-29-44(61)54-18-20-66-21-22-69(63,64)36-11-12-41(43(25-36)65-4)53-16-6-7-35-24-37-39(56-40-15-19-58(3)28-38(40)49)8-5-9-42(37)60(35)30-48(50,51)52/h5,8-14,17,23-25,27,38,40,53,56H,15-16,18-22,26,28-30H2,1-4H3,(H,54,61)/t38-,40+/m0/s1. The van der Waals surface area contributed by atoms with Crippen LogP contribution in [0.1, 0.15) is 29.1 Å². The van der Waals surface area contributed by atoms with Crippen LogP contribution in [-0.2, 0) is 32.5 Å². The van der Waals surface area contributed by atoms with Gasteiger partial charge in [0.05, 0.1) is 72.7 Å². The SMILES string of the molecule is COc1cc(S(=O)(=O)CCOCCNC(=O)COc2cc(Cn3cc(-c4c(C)noc4C)ccc3=O)ccn2)ccc1NCC#Cc1cc2c(N[C@@H]3CCN(C)C[C@@H]3F)cccc2n1CC(F)(F)F. The molecule has 4 aromatic heterocycles. The number of sulfone groups is 1. The van der Waals surface area contributed by atoms with Gasteiger partial charge in [-0.1, -0.05) is 17.1 Å².